The Kier molecular flexibility index (Phi) is 7.29. The van der Waals surface area contributed by atoms with Gasteiger partial charge in [-0.2, -0.15) is 5.10 Å². The van der Waals surface area contributed by atoms with E-state index in [4.69, 9.17) is 21.4 Å². The number of hydrogen-bond acceptors (Lipinski definition) is 6. The van der Waals surface area contributed by atoms with Crippen LogP contribution < -0.4 is 0 Å². The van der Waals surface area contributed by atoms with Gasteiger partial charge in [0.15, 0.2) is 0 Å². The van der Waals surface area contributed by atoms with E-state index in [1.165, 1.54) is 0 Å². The number of thiophene rings is 1. The van der Waals surface area contributed by atoms with E-state index in [9.17, 15) is 9.59 Å². The molecule has 2 aromatic rings. The highest BCUT2D eigenvalue weighted by Gasteiger charge is 2.38. The first-order valence-corrected chi connectivity index (χ1v) is 13.1. The molecule has 1 aromatic carbocycles. The number of ether oxygens (including phenoxy) is 1. The van der Waals surface area contributed by atoms with Crippen molar-refractivity contribution in [3.8, 4) is 0 Å². The third-order valence-corrected chi connectivity index (χ3v) is 7.75. The Balaban J connectivity index is 1.33. The van der Waals surface area contributed by atoms with Crippen molar-refractivity contribution in [3.05, 3.63) is 57.2 Å². The van der Waals surface area contributed by atoms with Crippen LogP contribution in [0.15, 0.2) is 46.9 Å². The molecule has 7 nitrogen and oxygen atoms in total. The molecule has 0 spiro atoms. The Bertz CT molecular complexity index is 1030. The Morgan fingerprint density at radius 2 is 1.91 bits per heavy atom. The molecule has 180 valence electrons. The second-order valence-corrected chi connectivity index (χ2v) is 10.4. The van der Waals surface area contributed by atoms with Crippen LogP contribution in [0.2, 0.25) is 5.02 Å². The second-order valence-electron chi connectivity index (χ2n) is 9.02. The molecule has 0 unspecified atom stereocenters. The molecule has 3 heterocycles. The summed E-state index contributed by atoms with van der Waals surface area (Å²) in [6, 6.07) is 11.4. The van der Waals surface area contributed by atoms with Gasteiger partial charge in [0.2, 0.25) is 5.91 Å². The van der Waals surface area contributed by atoms with Gasteiger partial charge in [0.1, 0.15) is 6.54 Å². The molecule has 1 saturated carbocycles. The first-order chi connectivity index (χ1) is 16.6. The lowest BCUT2D eigenvalue weighted by Crippen LogP contribution is -2.47. The van der Waals surface area contributed by atoms with Gasteiger partial charge >= 0.3 is 0 Å². The van der Waals surface area contributed by atoms with Gasteiger partial charge in [-0.1, -0.05) is 29.8 Å². The summed E-state index contributed by atoms with van der Waals surface area (Å²) in [5.74, 6) is 0.00195. The van der Waals surface area contributed by atoms with Gasteiger partial charge in [-0.15, -0.1) is 11.3 Å². The molecule has 3 aliphatic rings. The number of carbonyl (C=O) groups excluding carboxylic acids is 2. The van der Waals surface area contributed by atoms with Crippen LogP contribution >= 0.6 is 22.9 Å². The van der Waals surface area contributed by atoms with Crippen LogP contribution in [-0.4, -0.2) is 78.3 Å². The van der Waals surface area contributed by atoms with E-state index in [2.05, 4.69) is 4.90 Å². The lowest BCUT2D eigenvalue weighted by atomic mass is 10.0. The van der Waals surface area contributed by atoms with Crippen molar-refractivity contribution < 1.29 is 14.3 Å². The first-order valence-electron chi connectivity index (χ1n) is 11.9. The normalized spacial score (nSPS) is 20.9. The van der Waals surface area contributed by atoms with Crippen molar-refractivity contribution >= 4 is 40.5 Å². The van der Waals surface area contributed by atoms with Crippen molar-refractivity contribution in [2.75, 3.05) is 45.9 Å². The number of amides is 2. The fourth-order valence-electron chi connectivity index (χ4n) is 4.45. The molecular weight excluding hydrogens is 472 g/mol. The standard InChI is InChI=1S/C25H29ClN4O3S/c26-20-7-5-18(6-8-20)22-16-21(23-2-1-15-34-23)27-30(22)24(31)17-29(25(32)19-3-4-19)10-9-28-11-13-33-14-12-28/h1-2,5-8,15,19,22H,3-4,9-14,16-17H2/t22-/m1/s1. The van der Waals surface area contributed by atoms with E-state index < -0.39 is 0 Å². The zero-order valence-corrected chi connectivity index (χ0v) is 20.6. The highest BCUT2D eigenvalue weighted by Crippen LogP contribution is 2.35. The zero-order chi connectivity index (χ0) is 23.5. The van der Waals surface area contributed by atoms with Gasteiger partial charge in [-0.25, -0.2) is 5.01 Å². The first kappa shape index (κ1) is 23.5. The molecule has 1 saturated heterocycles. The predicted molar refractivity (Wildman–Crippen MR) is 133 cm³/mol. The Morgan fingerprint density at radius 1 is 1.15 bits per heavy atom. The summed E-state index contributed by atoms with van der Waals surface area (Å²) in [7, 11) is 0. The fraction of sp³-hybridized carbons (Fsp3) is 0.480. The summed E-state index contributed by atoms with van der Waals surface area (Å²) in [6.45, 7) is 4.49. The fourth-order valence-corrected chi connectivity index (χ4v) is 5.30. The molecule has 0 bridgehead atoms. The molecule has 2 aliphatic heterocycles. The predicted octanol–water partition coefficient (Wildman–Crippen LogP) is 3.65. The summed E-state index contributed by atoms with van der Waals surface area (Å²) in [4.78, 5) is 31.7. The molecule has 34 heavy (non-hydrogen) atoms. The summed E-state index contributed by atoms with van der Waals surface area (Å²) in [5, 5.41) is 9.00. The SMILES string of the molecule is O=C(C1CC1)N(CCN1CCOCC1)CC(=O)N1N=C(c2cccs2)C[C@@H]1c1ccc(Cl)cc1. The smallest absolute Gasteiger partial charge is 0.262 e. The van der Waals surface area contributed by atoms with Gasteiger partial charge in [0.05, 0.1) is 29.8 Å². The van der Waals surface area contributed by atoms with Gasteiger partial charge in [0, 0.05) is 43.5 Å². The largest absolute Gasteiger partial charge is 0.379 e. The van der Waals surface area contributed by atoms with E-state index in [-0.39, 0.29) is 30.3 Å². The molecule has 5 rings (SSSR count). The third-order valence-electron chi connectivity index (χ3n) is 6.58. The lowest BCUT2D eigenvalue weighted by molar-refractivity contribution is -0.142. The number of rotatable bonds is 8. The van der Waals surface area contributed by atoms with E-state index in [0.29, 0.717) is 31.2 Å². The molecule has 1 aliphatic carbocycles. The Hall–Kier alpha value is -2.26. The quantitative estimate of drug-likeness (QED) is 0.555. The van der Waals surface area contributed by atoms with Gasteiger partial charge in [0.25, 0.3) is 5.91 Å². The van der Waals surface area contributed by atoms with Crippen molar-refractivity contribution in [1.29, 1.82) is 0 Å². The maximum atomic E-state index is 13.6. The number of benzene rings is 1. The topological polar surface area (TPSA) is 65.5 Å². The van der Waals surface area contributed by atoms with Crippen molar-refractivity contribution in [2.24, 2.45) is 11.0 Å². The van der Waals surface area contributed by atoms with Crippen molar-refractivity contribution in [1.82, 2.24) is 14.8 Å². The number of carbonyl (C=O) groups is 2. The van der Waals surface area contributed by atoms with E-state index in [1.807, 2.05) is 41.8 Å². The molecule has 1 aromatic heterocycles. The minimum Gasteiger partial charge on any atom is -0.379 e. The van der Waals surface area contributed by atoms with Crippen LogP contribution in [0.4, 0.5) is 0 Å². The van der Waals surface area contributed by atoms with Crippen LogP contribution in [0, 0.1) is 5.92 Å². The van der Waals surface area contributed by atoms with Gasteiger partial charge in [-0.05, 0) is 42.0 Å². The molecule has 1 atom stereocenters. The van der Waals surface area contributed by atoms with Crippen molar-refractivity contribution in [2.45, 2.75) is 25.3 Å². The van der Waals surface area contributed by atoms with Crippen LogP contribution in [0.25, 0.3) is 0 Å². The van der Waals surface area contributed by atoms with Crippen molar-refractivity contribution in [3.63, 3.8) is 0 Å². The number of nitrogens with zero attached hydrogens (tertiary/aromatic N) is 4. The number of hydrogen-bond donors (Lipinski definition) is 0. The van der Waals surface area contributed by atoms with Gasteiger partial charge < -0.3 is 9.64 Å². The van der Waals surface area contributed by atoms with E-state index in [0.717, 1.165) is 48.6 Å². The zero-order valence-electron chi connectivity index (χ0n) is 19.1. The monoisotopic (exact) mass is 500 g/mol. The van der Waals surface area contributed by atoms with E-state index in [1.54, 1.807) is 21.2 Å². The second kappa shape index (κ2) is 10.6. The van der Waals surface area contributed by atoms with Crippen LogP contribution in [0.3, 0.4) is 0 Å². The lowest BCUT2D eigenvalue weighted by Gasteiger charge is -2.31. The minimum absolute atomic E-state index is 0.0466. The summed E-state index contributed by atoms with van der Waals surface area (Å²) >= 11 is 7.72. The van der Waals surface area contributed by atoms with Crippen LogP contribution in [-0.2, 0) is 14.3 Å². The van der Waals surface area contributed by atoms with Crippen LogP contribution in [0.1, 0.15) is 35.7 Å². The minimum atomic E-state index is -0.209. The Morgan fingerprint density at radius 3 is 2.59 bits per heavy atom. The highest BCUT2D eigenvalue weighted by molar-refractivity contribution is 7.12. The third kappa shape index (κ3) is 5.51. The highest BCUT2D eigenvalue weighted by atomic mass is 35.5. The number of halogens is 1. The van der Waals surface area contributed by atoms with Crippen LogP contribution in [0.5, 0.6) is 0 Å². The molecule has 0 N–H and O–H groups in total. The molecule has 2 amide bonds. The summed E-state index contributed by atoms with van der Waals surface area (Å²) < 4.78 is 5.43. The van der Waals surface area contributed by atoms with Gasteiger partial charge in [-0.3, -0.25) is 14.5 Å². The molecule has 0 radical (unpaired) electrons. The summed E-state index contributed by atoms with van der Waals surface area (Å²) in [5.41, 5.74) is 1.89. The maximum absolute atomic E-state index is 13.6. The average molecular weight is 501 g/mol. The van der Waals surface area contributed by atoms with E-state index >= 15 is 0 Å². The average Bonchev–Trinajstić information content (AvgIpc) is 3.37. The molecule has 9 heteroatoms. The molecule has 2 fully saturated rings. The molecular formula is C25H29ClN4O3S. The number of morpholine rings is 1. The Labute approximate surface area is 208 Å². The maximum Gasteiger partial charge on any atom is 0.262 e. The number of hydrazone groups is 1. The summed E-state index contributed by atoms with van der Waals surface area (Å²) in [6.07, 6.45) is 2.47.